The number of pyridine rings is 1. The number of carbonyl (C=O) groups is 1. The molecule has 132 valence electrons. The largest absolute Gasteiger partial charge is 0.478 e. The van der Waals surface area contributed by atoms with Crippen LogP contribution in [-0.4, -0.2) is 16.1 Å². The smallest absolute Gasteiger partial charge is 0.335 e. The summed E-state index contributed by atoms with van der Waals surface area (Å²) in [7, 11) is 0. The molecule has 3 aromatic rings. The Hall–Kier alpha value is -2.95. The third-order valence-electron chi connectivity index (χ3n) is 5.03. The molecule has 0 saturated heterocycles. The van der Waals surface area contributed by atoms with Gasteiger partial charge in [-0.25, -0.2) is 4.79 Å². The predicted octanol–water partition coefficient (Wildman–Crippen LogP) is 4.03. The molecule has 4 rings (SSSR count). The number of carboxylic acids is 1. The quantitative estimate of drug-likeness (QED) is 0.769. The maximum atomic E-state index is 12.9. The summed E-state index contributed by atoms with van der Waals surface area (Å²) in [5, 5.41) is 9.49. The molecule has 2 atom stereocenters. The number of nitrogens with zero attached hydrogens (tertiary/aromatic N) is 1. The highest BCUT2D eigenvalue weighted by Crippen LogP contribution is 2.55. The lowest BCUT2D eigenvalue weighted by Crippen LogP contribution is -2.13. The summed E-state index contributed by atoms with van der Waals surface area (Å²) in [5.41, 5.74) is 3.05. The summed E-state index contributed by atoms with van der Waals surface area (Å²) in [6.45, 7) is 3.89. The molecule has 1 aromatic carbocycles. The number of aromatic carboxylic acids is 1. The van der Waals surface area contributed by atoms with E-state index >= 15 is 0 Å². The molecule has 1 aliphatic rings. The van der Waals surface area contributed by atoms with Crippen LogP contribution in [0.5, 0.6) is 0 Å². The lowest BCUT2D eigenvalue weighted by atomic mass is 10.0. The summed E-state index contributed by atoms with van der Waals surface area (Å²) < 4.78 is 6.08. The van der Waals surface area contributed by atoms with Crippen LogP contribution >= 0.6 is 0 Å². The van der Waals surface area contributed by atoms with Crippen molar-refractivity contribution in [3.8, 4) is 0 Å². The Morgan fingerprint density at radius 1 is 1.27 bits per heavy atom. The standard InChI is InChI=1S/C21H19NO4/c1-3-13-19(23)16-9-12(21(24)25)7-8-18(16)26-20(13)15-10-14(15)17-6-4-5-11(2)22-17/h4-9,14-15H,3,10H2,1-2H3,(H,24,25)/t14-,15-/m1/s1. The lowest BCUT2D eigenvalue weighted by molar-refractivity contribution is 0.0697. The Balaban J connectivity index is 1.80. The van der Waals surface area contributed by atoms with Crippen LogP contribution in [-0.2, 0) is 6.42 Å². The third-order valence-corrected chi connectivity index (χ3v) is 5.03. The summed E-state index contributed by atoms with van der Waals surface area (Å²) in [6.07, 6.45) is 1.46. The lowest BCUT2D eigenvalue weighted by Gasteiger charge is -2.09. The van der Waals surface area contributed by atoms with Crippen molar-refractivity contribution in [2.75, 3.05) is 0 Å². The average Bonchev–Trinajstić information content (AvgIpc) is 3.42. The van der Waals surface area contributed by atoms with Gasteiger partial charge in [0.1, 0.15) is 11.3 Å². The van der Waals surface area contributed by atoms with Gasteiger partial charge < -0.3 is 9.52 Å². The molecule has 1 fully saturated rings. The van der Waals surface area contributed by atoms with Gasteiger partial charge in [-0.1, -0.05) is 13.0 Å². The minimum atomic E-state index is -1.05. The van der Waals surface area contributed by atoms with E-state index in [1.165, 1.54) is 12.1 Å². The molecule has 1 saturated carbocycles. The van der Waals surface area contributed by atoms with Gasteiger partial charge in [0.05, 0.1) is 10.9 Å². The number of aryl methyl sites for hydroxylation is 1. The molecule has 1 N–H and O–H groups in total. The molecule has 5 heteroatoms. The van der Waals surface area contributed by atoms with Gasteiger partial charge in [-0.05, 0) is 50.1 Å². The molecule has 0 radical (unpaired) electrons. The first-order chi connectivity index (χ1) is 12.5. The zero-order chi connectivity index (χ0) is 18.4. The van der Waals surface area contributed by atoms with Crippen LogP contribution in [0.4, 0.5) is 0 Å². The van der Waals surface area contributed by atoms with E-state index in [9.17, 15) is 9.59 Å². The Bertz CT molecular complexity index is 1080. The van der Waals surface area contributed by atoms with E-state index in [-0.39, 0.29) is 22.8 Å². The highest BCUT2D eigenvalue weighted by atomic mass is 16.4. The molecule has 0 bridgehead atoms. The highest BCUT2D eigenvalue weighted by molar-refractivity contribution is 5.92. The van der Waals surface area contributed by atoms with Crippen LogP contribution in [0.15, 0.2) is 45.6 Å². The first-order valence-corrected chi connectivity index (χ1v) is 8.76. The van der Waals surface area contributed by atoms with Gasteiger partial charge in [0.25, 0.3) is 0 Å². The van der Waals surface area contributed by atoms with Gasteiger partial charge in [0, 0.05) is 28.8 Å². The van der Waals surface area contributed by atoms with Crippen molar-refractivity contribution >= 4 is 16.9 Å². The number of rotatable bonds is 4. The number of hydrogen-bond acceptors (Lipinski definition) is 4. The third kappa shape index (κ3) is 2.69. The second kappa shape index (κ2) is 6.09. The fourth-order valence-corrected chi connectivity index (χ4v) is 3.60. The van der Waals surface area contributed by atoms with Crippen molar-refractivity contribution in [1.29, 1.82) is 0 Å². The van der Waals surface area contributed by atoms with Gasteiger partial charge in [-0.2, -0.15) is 0 Å². The van der Waals surface area contributed by atoms with E-state index in [0.717, 1.165) is 23.6 Å². The number of hydrogen-bond donors (Lipinski definition) is 1. The zero-order valence-corrected chi connectivity index (χ0v) is 14.7. The van der Waals surface area contributed by atoms with Crippen molar-refractivity contribution in [1.82, 2.24) is 4.98 Å². The topological polar surface area (TPSA) is 80.4 Å². The van der Waals surface area contributed by atoms with E-state index in [0.29, 0.717) is 23.0 Å². The van der Waals surface area contributed by atoms with Crippen molar-refractivity contribution in [2.45, 2.75) is 38.5 Å². The van der Waals surface area contributed by atoms with Crippen LogP contribution in [0.25, 0.3) is 11.0 Å². The van der Waals surface area contributed by atoms with E-state index < -0.39 is 5.97 Å². The molecule has 0 unspecified atom stereocenters. The van der Waals surface area contributed by atoms with Gasteiger partial charge in [0.15, 0.2) is 5.43 Å². The Morgan fingerprint density at radius 2 is 2.08 bits per heavy atom. The second-order valence-corrected chi connectivity index (χ2v) is 6.80. The van der Waals surface area contributed by atoms with E-state index in [1.807, 2.05) is 32.0 Å². The predicted molar refractivity (Wildman–Crippen MR) is 97.9 cm³/mol. The van der Waals surface area contributed by atoms with E-state index in [2.05, 4.69) is 4.98 Å². The SMILES string of the molecule is CCc1c([C@@H]2C[C@H]2c2cccc(C)n2)oc2ccc(C(=O)O)cc2c1=O. The van der Waals surface area contributed by atoms with Gasteiger partial charge in [-0.3, -0.25) is 9.78 Å². The summed E-state index contributed by atoms with van der Waals surface area (Å²) >= 11 is 0. The van der Waals surface area contributed by atoms with Crippen LogP contribution < -0.4 is 5.43 Å². The minimum Gasteiger partial charge on any atom is -0.478 e. The zero-order valence-electron chi connectivity index (χ0n) is 14.7. The molecule has 1 aliphatic carbocycles. The van der Waals surface area contributed by atoms with Gasteiger partial charge in [0.2, 0.25) is 0 Å². The average molecular weight is 349 g/mol. The maximum absolute atomic E-state index is 12.9. The number of aromatic nitrogens is 1. The molecular weight excluding hydrogens is 330 g/mol. The molecule has 5 nitrogen and oxygen atoms in total. The summed E-state index contributed by atoms with van der Waals surface area (Å²) in [5.74, 6) is 0.0807. The number of fused-ring (bicyclic) bond motifs is 1. The summed E-state index contributed by atoms with van der Waals surface area (Å²) in [4.78, 5) is 28.7. The van der Waals surface area contributed by atoms with Crippen LogP contribution in [0.1, 0.15) is 58.2 Å². The van der Waals surface area contributed by atoms with Gasteiger partial charge in [-0.15, -0.1) is 0 Å². The Morgan fingerprint density at radius 3 is 2.77 bits per heavy atom. The van der Waals surface area contributed by atoms with Crippen molar-refractivity contribution in [3.63, 3.8) is 0 Å². The molecule has 2 heterocycles. The monoisotopic (exact) mass is 349 g/mol. The fourth-order valence-electron chi connectivity index (χ4n) is 3.60. The van der Waals surface area contributed by atoms with Crippen LogP contribution in [0.3, 0.4) is 0 Å². The number of benzene rings is 1. The first kappa shape index (κ1) is 16.5. The molecule has 0 amide bonds. The Labute approximate surface area is 150 Å². The Kier molecular flexibility index (Phi) is 3.87. The molecule has 0 aliphatic heterocycles. The second-order valence-electron chi connectivity index (χ2n) is 6.80. The molecular formula is C21H19NO4. The van der Waals surface area contributed by atoms with Crippen molar-refractivity contribution < 1.29 is 14.3 Å². The van der Waals surface area contributed by atoms with Crippen molar-refractivity contribution in [2.24, 2.45) is 0 Å². The summed E-state index contributed by atoms with van der Waals surface area (Å²) in [6, 6.07) is 10.4. The molecule has 0 spiro atoms. The van der Waals surface area contributed by atoms with Crippen molar-refractivity contribution in [3.05, 3.63) is 74.9 Å². The molecule has 2 aromatic heterocycles. The fraction of sp³-hybridized carbons (Fsp3) is 0.286. The molecule has 26 heavy (non-hydrogen) atoms. The minimum absolute atomic E-state index is 0.0906. The number of carboxylic acid groups (broad SMARTS) is 1. The van der Waals surface area contributed by atoms with E-state index in [1.54, 1.807) is 6.07 Å². The van der Waals surface area contributed by atoms with Crippen LogP contribution in [0, 0.1) is 6.92 Å². The van der Waals surface area contributed by atoms with Crippen LogP contribution in [0.2, 0.25) is 0 Å². The van der Waals surface area contributed by atoms with E-state index in [4.69, 9.17) is 9.52 Å². The first-order valence-electron chi connectivity index (χ1n) is 8.76. The maximum Gasteiger partial charge on any atom is 0.335 e. The normalized spacial score (nSPS) is 18.8. The highest BCUT2D eigenvalue weighted by Gasteiger charge is 2.44. The van der Waals surface area contributed by atoms with Gasteiger partial charge >= 0.3 is 5.97 Å².